The maximum Gasteiger partial charge on any atom is 0.224 e. The maximum atomic E-state index is 12.1. The molecule has 0 aliphatic rings. The van der Waals surface area contributed by atoms with Gasteiger partial charge in [-0.15, -0.1) is 0 Å². The van der Waals surface area contributed by atoms with Gasteiger partial charge in [0.25, 0.3) is 0 Å². The molecule has 3 aromatic rings. The van der Waals surface area contributed by atoms with Crippen molar-refractivity contribution in [3.8, 4) is 0 Å². The quantitative estimate of drug-likeness (QED) is 0.714. The molecule has 1 atom stereocenters. The number of rotatable bonds is 7. The fourth-order valence-electron chi connectivity index (χ4n) is 2.41. The van der Waals surface area contributed by atoms with Crippen molar-refractivity contribution in [2.45, 2.75) is 26.6 Å². The Morgan fingerprint density at radius 2 is 2.00 bits per heavy atom. The molecule has 1 N–H and O–H groups in total. The minimum absolute atomic E-state index is 0.0127. The van der Waals surface area contributed by atoms with Gasteiger partial charge in [0.2, 0.25) is 5.91 Å². The second kappa shape index (κ2) is 7.54. The second-order valence-electron chi connectivity index (χ2n) is 5.77. The number of benzene rings is 1. The molecule has 7 nitrogen and oxygen atoms in total. The van der Waals surface area contributed by atoms with Gasteiger partial charge in [-0.1, -0.05) is 37.3 Å². The first-order valence-electron chi connectivity index (χ1n) is 7.86. The summed E-state index contributed by atoms with van der Waals surface area (Å²) < 4.78 is 3.53. The van der Waals surface area contributed by atoms with Crippen molar-refractivity contribution in [1.82, 2.24) is 29.9 Å². The Morgan fingerprint density at radius 1 is 1.17 bits per heavy atom. The largest absolute Gasteiger partial charge is 0.352 e. The summed E-state index contributed by atoms with van der Waals surface area (Å²) in [6, 6.07) is 10.1. The van der Waals surface area contributed by atoms with Gasteiger partial charge in [-0.05, 0) is 5.56 Å². The third kappa shape index (κ3) is 4.28. The molecular formula is C17H20N6O. The van der Waals surface area contributed by atoms with Gasteiger partial charge < -0.3 is 5.32 Å². The summed E-state index contributed by atoms with van der Waals surface area (Å²) >= 11 is 0. The molecule has 1 amide bonds. The van der Waals surface area contributed by atoms with E-state index in [1.165, 1.54) is 11.9 Å². The smallest absolute Gasteiger partial charge is 0.224 e. The van der Waals surface area contributed by atoms with E-state index in [1.807, 2.05) is 36.0 Å². The average molecular weight is 324 g/mol. The van der Waals surface area contributed by atoms with Crippen LogP contribution in [-0.4, -0.2) is 30.5 Å². The molecule has 2 aromatic heterocycles. The molecule has 0 spiro atoms. The molecule has 0 bridgehead atoms. The minimum Gasteiger partial charge on any atom is -0.352 e. The highest BCUT2D eigenvalue weighted by Crippen LogP contribution is 2.05. The fourth-order valence-corrected chi connectivity index (χ4v) is 2.41. The van der Waals surface area contributed by atoms with Crippen LogP contribution < -0.4 is 5.32 Å². The van der Waals surface area contributed by atoms with Gasteiger partial charge in [0.05, 0.1) is 25.2 Å². The van der Waals surface area contributed by atoms with Crippen LogP contribution in [0, 0.1) is 5.92 Å². The number of amides is 1. The number of aromatic nitrogens is 5. The Kier molecular flexibility index (Phi) is 5.00. The number of nitrogens with zero attached hydrogens (tertiary/aromatic N) is 5. The van der Waals surface area contributed by atoms with Gasteiger partial charge in [0.1, 0.15) is 12.7 Å². The van der Waals surface area contributed by atoms with E-state index in [-0.39, 0.29) is 11.8 Å². The standard InChI is InChI=1S/C17H20N6O/c1-14(9-23-13-18-12-21-23)17(24)19-7-16-8-20-22(11-16)10-15-5-3-2-4-6-15/h2-6,8,11-14H,7,9-10H2,1H3,(H,19,24). The second-order valence-corrected chi connectivity index (χ2v) is 5.77. The van der Waals surface area contributed by atoms with E-state index in [2.05, 4.69) is 32.6 Å². The van der Waals surface area contributed by atoms with Crippen LogP contribution >= 0.6 is 0 Å². The molecule has 0 fully saturated rings. The Hall–Kier alpha value is -2.96. The van der Waals surface area contributed by atoms with E-state index >= 15 is 0 Å². The summed E-state index contributed by atoms with van der Waals surface area (Å²) in [7, 11) is 0. The highest BCUT2D eigenvalue weighted by molar-refractivity contribution is 5.78. The molecule has 1 aromatic carbocycles. The summed E-state index contributed by atoms with van der Waals surface area (Å²) in [5.41, 5.74) is 2.17. The lowest BCUT2D eigenvalue weighted by molar-refractivity contribution is -0.125. The summed E-state index contributed by atoms with van der Waals surface area (Å²) in [6.07, 6.45) is 6.81. The summed E-state index contributed by atoms with van der Waals surface area (Å²) in [4.78, 5) is 16.0. The van der Waals surface area contributed by atoms with Crippen molar-refractivity contribution in [2.75, 3.05) is 0 Å². The van der Waals surface area contributed by atoms with Crippen LogP contribution in [0.25, 0.3) is 0 Å². The van der Waals surface area contributed by atoms with E-state index in [9.17, 15) is 4.79 Å². The molecule has 3 rings (SSSR count). The van der Waals surface area contributed by atoms with Gasteiger partial charge >= 0.3 is 0 Å². The number of nitrogens with one attached hydrogen (secondary N) is 1. The molecule has 124 valence electrons. The Bertz CT molecular complexity index is 766. The van der Waals surface area contributed by atoms with Gasteiger partial charge in [0.15, 0.2) is 0 Å². The van der Waals surface area contributed by atoms with Crippen molar-refractivity contribution in [3.05, 3.63) is 66.5 Å². The SMILES string of the molecule is CC(Cn1cncn1)C(=O)NCc1cnn(Cc2ccccc2)c1. The topological polar surface area (TPSA) is 77.6 Å². The van der Waals surface area contributed by atoms with Gasteiger partial charge in [0, 0.05) is 18.3 Å². The van der Waals surface area contributed by atoms with Crippen molar-refractivity contribution < 1.29 is 4.79 Å². The van der Waals surface area contributed by atoms with Gasteiger partial charge in [-0.25, -0.2) is 4.98 Å². The highest BCUT2D eigenvalue weighted by atomic mass is 16.1. The molecule has 0 saturated heterocycles. The Morgan fingerprint density at radius 3 is 2.75 bits per heavy atom. The first kappa shape index (κ1) is 15.9. The predicted molar refractivity (Wildman–Crippen MR) is 88.8 cm³/mol. The number of hydrogen-bond acceptors (Lipinski definition) is 4. The summed E-state index contributed by atoms with van der Waals surface area (Å²) in [5.74, 6) is -0.188. The lowest BCUT2D eigenvalue weighted by atomic mass is 10.1. The third-order valence-corrected chi connectivity index (χ3v) is 3.72. The van der Waals surface area contributed by atoms with Gasteiger partial charge in [-0.3, -0.25) is 14.2 Å². The zero-order valence-electron chi connectivity index (χ0n) is 13.5. The zero-order chi connectivity index (χ0) is 16.8. The average Bonchev–Trinajstić information content (AvgIpc) is 3.25. The molecule has 7 heteroatoms. The minimum atomic E-state index is -0.175. The van der Waals surface area contributed by atoms with Crippen LogP contribution in [0.15, 0.2) is 55.4 Å². The van der Waals surface area contributed by atoms with E-state index in [0.717, 1.165) is 12.1 Å². The molecule has 0 radical (unpaired) electrons. The van der Waals surface area contributed by atoms with Crippen LogP contribution in [0.3, 0.4) is 0 Å². The van der Waals surface area contributed by atoms with E-state index in [4.69, 9.17) is 0 Å². The molecule has 24 heavy (non-hydrogen) atoms. The van der Waals surface area contributed by atoms with Gasteiger partial charge in [-0.2, -0.15) is 10.2 Å². The van der Waals surface area contributed by atoms with E-state index in [1.54, 1.807) is 17.2 Å². The third-order valence-electron chi connectivity index (χ3n) is 3.72. The molecule has 0 aliphatic carbocycles. The van der Waals surface area contributed by atoms with Crippen molar-refractivity contribution in [2.24, 2.45) is 5.92 Å². The van der Waals surface area contributed by atoms with Crippen molar-refractivity contribution >= 4 is 5.91 Å². The van der Waals surface area contributed by atoms with Crippen molar-refractivity contribution in [3.63, 3.8) is 0 Å². The number of carbonyl (C=O) groups is 1. The lowest BCUT2D eigenvalue weighted by Gasteiger charge is -2.11. The van der Waals surface area contributed by atoms with Crippen LogP contribution in [0.5, 0.6) is 0 Å². The molecule has 0 aliphatic heterocycles. The first-order valence-corrected chi connectivity index (χ1v) is 7.86. The highest BCUT2D eigenvalue weighted by Gasteiger charge is 2.13. The summed E-state index contributed by atoms with van der Waals surface area (Å²) in [5, 5.41) is 11.3. The van der Waals surface area contributed by atoms with Crippen molar-refractivity contribution in [1.29, 1.82) is 0 Å². The monoisotopic (exact) mass is 324 g/mol. The normalized spacial score (nSPS) is 12.0. The Balaban J connectivity index is 1.49. The first-order chi connectivity index (χ1) is 11.7. The van der Waals surface area contributed by atoms with Crippen LogP contribution in [0.4, 0.5) is 0 Å². The molecular weight excluding hydrogens is 304 g/mol. The zero-order valence-corrected chi connectivity index (χ0v) is 13.5. The van der Waals surface area contributed by atoms with E-state index < -0.39 is 0 Å². The van der Waals surface area contributed by atoms with E-state index in [0.29, 0.717) is 13.1 Å². The molecule has 2 heterocycles. The van der Waals surface area contributed by atoms with Crippen LogP contribution in [-0.2, 0) is 24.4 Å². The molecule has 1 unspecified atom stereocenters. The lowest BCUT2D eigenvalue weighted by Crippen LogP contribution is -2.31. The summed E-state index contributed by atoms with van der Waals surface area (Å²) in [6.45, 7) is 3.57. The Labute approximate surface area is 140 Å². The molecule has 0 saturated carbocycles. The van der Waals surface area contributed by atoms with Crippen LogP contribution in [0.1, 0.15) is 18.1 Å². The number of carbonyl (C=O) groups excluding carboxylic acids is 1. The predicted octanol–water partition coefficient (Wildman–Crippen LogP) is 1.48. The fraction of sp³-hybridized carbons (Fsp3) is 0.294. The number of hydrogen-bond donors (Lipinski definition) is 1. The maximum absolute atomic E-state index is 12.1. The van der Waals surface area contributed by atoms with Crippen LogP contribution in [0.2, 0.25) is 0 Å².